The number of hydrogen-bond donors (Lipinski definition) is 1. The Morgan fingerprint density at radius 3 is 2.91 bits per heavy atom. The van der Waals surface area contributed by atoms with Crippen LogP contribution >= 0.6 is 0 Å². The third-order valence-electron chi connectivity index (χ3n) is 3.87. The molecule has 0 saturated carbocycles. The zero-order chi connectivity index (χ0) is 15.5. The molecule has 118 valence electrons. The van der Waals surface area contributed by atoms with E-state index in [1.165, 1.54) is 0 Å². The minimum Gasteiger partial charge on any atom is -0.323 e. The van der Waals surface area contributed by atoms with Gasteiger partial charge < -0.3 is 5.32 Å². The maximum absolute atomic E-state index is 12.3. The van der Waals surface area contributed by atoms with Gasteiger partial charge in [-0.05, 0) is 25.9 Å². The summed E-state index contributed by atoms with van der Waals surface area (Å²) in [5, 5.41) is 6.88. The number of alkyl halides is 2. The van der Waals surface area contributed by atoms with Crippen molar-refractivity contribution >= 4 is 17.2 Å². The summed E-state index contributed by atoms with van der Waals surface area (Å²) in [5.74, 6) is -0.243. The zero-order valence-corrected chi connectivity index (χ0v) is 12.0. The van der Waals surface area contributed by atoms with Crippen LogP contribution in [0.15, 0.2) is 24.7 Å². The molecule has 3 rings (SSSR count). The molecule has 2 aromatic rings. The fourth-order valence-electron chi connectivity index (χ4n) is 2.69. The summed E-state index contributed by atoms with van der Waals surface area (Å²) in [5.41, 5.74) is 1.29. The van der Waals surface area contributed by atoms with Crippen LogP contribution in [0, 0.1) is 5.92 Å². The van der Waals surface area contributed by atoms with Crippen LogP contribution in [0.25, 0.3) is 5.65 Å². The molecule has 2 aromatic heterocycles. The van der Waals surface area contributed by atoms with Gasteiger partial charge in [-0.2, -0.15) is 5.10 Å². The highest BCUT2D eigenvalue weighted by Gasteiger charge is 2.26. The topological polar surface area (TPSA) is 62.5 Å². The van der Waals surface area contributed by atoms with Crippen LogP contribution in [0.5, 0.6) is 0 Å². The lowest BCUT2D eigenvalue weighted by Gasteiger charge is -2.30. The fourth-order valence-corrected chi connectivity index (χ4v) is 2.69. The number of nitrogens with zero attached hydrogens (tertiary/aromatic N) is 4. The first kappa shape index (κ1) is 14.8. The van der Waals surface area contributed by atoms with Crippen molar-refractivity contribution in [1.82, 2.24) is 19.5 Å². The molecule has 8 heteroatoms. The SMILES string of the molecule is O=C(Nc1cnc2ccnn2c1)C1CCN(CC(F)F)CC1. The van der Waals surface area contributed by atoms with Gasteiger partial charge in [-0.25, -0.2) is 18.3 Å². The van der Waals surface area contributed by atoms with Crippen LogP contribution in [0.2, 0.25) is 0 Å². The minimum absolute atomic E-state index is 0.0926. The van der Waals surface area contributed by atoms with Crippen molar-refractivity contribution in [2.24, 2.45) is 5.92 Å². The highest BCUT2D eigenvalue weighted by atomic mass is 19.3. The summed E-state index contributed by atoms with van der Waals surface area (Å²) < 4.78 is 26.2. The average molecular weight is 309 g/mol. The van der Waals surface area contributed by atoms with E-state index in [2.05, 4.69) is 15.4 Å². The number of amides is 1. The molecular weight excluding hydrogens is 292 g/mol. The van der Waals surface area contributed by atoms with Crippen molar-refractivity contribution in [3.8, 4) is 0 Å². The van der Waals surface area contributed by atoms with Crippen LogP contribution in [-0.2, 0) is 4.79 Å². The Kier molecular flexibility index (Phi) is 4.28. The molecule has 0 radical (unpaired) electrons. The number of fused-ring (bicyclic) bond motifs is 1. The van der Waals surface area contributed by atoms with E-state index in [0.29, 0.717) is 37.3 Å². The van der Waals surface area contributed by atoms with Crippen LogP contribution < -0.4 is 5.32 Å². The van der Waals surface area contributed by atoms with Gasteiger partial charge in [-0.15, -0.1) is 0 Å². The van der Waals surface area contributed by atoms with E-state index >= 15 is 0 Å². The van der Waals surface area contributed by atoms with E-state index in [0.717, 1.165) is 0 Å². The van der Waals surface area contributed by atoms with Gasteiger partial charge in [0.2, 0.25) is 5.91 Å². The molecule has 0 aliphatic carbocycles. The Balaban J connectivity index is 1.56. The zero-order valence-electron chi connectivity index (χ0n) is 12.0. The summed E-state index contributed by atoms with van der Waals surface area (Å²) in [6.07, 6.45) is 3.78. The van der Waals surface area contributed by atoms with Gasteiger partial charge in [0, 0.05) is 12.0 Å². The molecule has 1 aliphatic rings. The average Bonchev–Trinajstić information content (AvgIpc) is 2.95. The molecule has 0 unspecified atom stereocenters. The number of rotatable bonds is 4. The Bertz CT molecular complexity index is 651. The summed E-state index contributed by atoms with van der Waals surface area (Å²) >= 11 is 0. The van der Waals surface area contributed by atoms with Gasteiger partial charge in [-0.1, -0.05) is 0 Å². The highest BCUT2D eigenvalue weighted by Crippen LogP contribution is 2.20. The molecule has 0 atom stereocenters. The van der Waals surface area contributed by atoms with Crippen molar-refractivity contribution in [2.45, 2.75) is 19.3 Å². The summed E-state index contributed by atoms with van der Waals surface area (Å²) in [6, 6.07) is 1.77. The van der Waals surface area contributed by atoms with Gasteiger partial charge in [0.15, 0.2) is 5.65 Å². The Hall–Kier alpha value is -2.09. The quantitative estimate of drug-likeness (QED) is 0.933. The molecule has 0 aromatic carbocycles. The molecule has 0 bridgehead atoms. The summed E-state index contributed by atoms with van der Waals surface area (Å²) in [6.45, 7) is 0.839. The Morgan fingerprint density at radius 1 is 1.41 bits per heavy atom. The highest BCUT2D eigenvalue weighted by molar-refractivity contribution is 5.92. The molecule has 1 aliphatic heterocycles. The number of piperidine rings is 1. The second-order valence-electron chi connectivity index (χ2n) is 5.43. The molecule has 6 nitrogen and oxygen atoms in total. The second-order valence-corrected chi connectivity index (χ2v) is 5.43. The number of likely N-dealkylation sites (tertiary alicyclic amines) is 1. The fraction of sp³-hybridized carbons (Fsp3) is 0.500. The van der Waals surface area contributed by atoms with Crippen molar-refractivity contribution in [1.29, 1.82) is 0 Å². The largest absolute Gasteiger partial charge is 0.323 e. The third kappa shape index (κ3) is 3.38. The second kappa shape index (κ2) is 6.35. The predicted octanol–water partition coefficient (Wildman–Crippen LogP) is 1.64. The first-order valence-corrected chi connectivity index (χ1v) is 7.22. The number of carbonyl (C=O) groups is 1. The lowest BCUT2D eigenvalue weighted by molar-refractivity contribution is -0.121. The molecule has 0 spiro atoms. The van der Waals surface area contributed by atoms with Gasteiger partial charge >= 0.3 is 0 Å². The molecule has 1 amide bonds. The normalized spacial score (nSPS) is 17.2. The Labute approximate surface area is 126 Å². The van der Waals surface area contributed by atoms with Crippen molar-refractivity contribution < 1.29 is 13.6 Å². The monoisotopic (exact) mass is 309 g/mol. The van der Waals surface area contributed by atoms with E-state index in [-0.39, 0.29) is 18.4 Å². The van der Waals surface area contributed by atoms with Gasteiger partial charge in [0.25, 0.3) is 6.43 Å². The standard InChI is InChI=1S/C14H17F2N5O/c15-12(16)9-20-5-2-10(3-6-20)14(22)19-11-7-17-13-1-4-18-21(13)8-11/h1,4,7-8,10,12H,2-3,5-6,9H2,(H,19,22). The number of halogens is 2. The van der Waals surface area contributed by atoms with E-state index in [4.69, 9.17) is 0 Å². The van der Waals surface area contributed by atoms with Crippen molar-refractivity contribution in [3.05, 3.63) is 24.7 Å². The molecular formula is C14H17F2N5O. The number of nitrogens with one attached hydrogen (secondary N) is 1. The smallest absolute Gasteiger partial charge is 0.251 e. The summed E-state index contributed by atoms with van der Waals surface area (Å²) in [4.78, 5) is 18.1. The van der Waals surface area contributed by atoms with E-state index in [1.807, 2.05) is 0 Å². The number of carbonyl (C=O) groups excluding carboxylic acids is 1. The Morgan fingerprint density at radius 2 is 2.18 bits per heavy atom. The van der Waals surface area contributed by atoms with Gasteiger partial charge in [-0.3, -0.25) is 9.69 Å². The molecule has 22 heavy (non-hydrogen) atoms. The maximum Gasteiger partial charge on any atom is 0.251 e. The molecule has 1 saturated heterocycles. The first-order chi connectivity index (χ1) is 10.6. The molecule has 1 N–H and O–H groups in total. The molecule has 1 fully saturated rings. The maximum atomic E-state index is 12.3. The van der Waals surface area contributed by atoms with Crippen molar-refractivity contribution in [3.63, 3.8) is 0 Å². The van der Waals surface area contributed by atoms with Gasteiger partial charge in [0.05, 0.1) is 30.8 Å². The van der Waals surface area contributed by atoms with E-state index in [9.17, 15) is 13.6 Å². The number of hydrogen-bond acceptors (Lipinski definition) is 4. The van der Waals surface area contributed by atoms with Gasteiger partial charge in [0.1, 0.15) is 0 Å². The van der Waals surface area contributed by atoms with Crippen LogP contribution in [-0.4, -0.2) is 51.5 Å². The third-order valence-corrected chi connectivity index (χ3v) is 3.87. The summed E-state index contributed by atoms with van der Waals surface area (Å²) in [7, 11) is 0. The lowest BCUT2D eigenvalue weighted by Crippen LogP contribution is -2.40. The van der Waals surface area contributed by atoms with E-state index in [1.54, 1.807) is 34.1 Å². The van der Waals surface area contributed by atoms with Crippen LogP contribution in [0.4, 0.5) is 14.5 Å². The predicted molar refractivity (Wildman–Crippen MR) is 76.8 cm³/mol. The van der Waals surface area contributed by atoms with Crippen LogP contribution in [0.3, 0.4) is 0 Å². The number of aromatic nitrogens is 3. The number of anilines is 1. The minimum atomic E-state index is -2.32. The van der Waals surface area contributed by atoms with Crippen LogP contribution in [0.1, 0.15) is 12.8 Å². The first-order valence-electron chi connectivity index (χ1n) is 7.22. The van der Waals surface area contributed by atoms with E-state index < -0.39 is 6.43 Å². The van der Waals surface area contributed by atoms with Crippen molar-refractivity contribution in [2.75, 3.05) is 25.0 Å². The molecule has 3 heterocycles. The lowest BCUT2D eigenvalue weighted by atomic mass is 9.96.